The second-order valence-electron chi connectivity index (χ2n) is 5.96. The molecule has 0 aromatic carbocycles. The summed E-state index contributed by atoms with van der Waals surface area (Å²) < 4.78 is 0. The second-order valence-corrected chi connectivity index (χ2v) is 7.03. The topological polar surface area (TPSA) is 39.6 Å². The summed E-state index contributed by atoms with van der Waals surface area (Å²) in [5.41, 5.74) is 0.960. The van der Waals surface area contributed by atoms with E-state index < -0.39 is 0 Å². The first kappa shape index (κ1) is 13.3. The van der Waals surface area contributed by atoms with Gasteiger partial charge in [0.05, 0.1) is 11.8 Å². The Morgan fingerprint density at radius 3 is 2.95 bits per heavy atom. The molecular formula is C14H23N3OS. The van der Waals surface area contributed by atoms with Gasteiger partial charge in [0.25, 0.3) is 0 Å². The Balaban J connectivity index is 1.81. The molecule has 0 amide bonds. The van der Waals surface area contributed by atoms with Crippen molar-refractivity contribution in [3.05, 3.63) is 10.6 Å². The highest BCUT2D eigenvalue weighted by Crippen LogP contribution is 2.38. The van der Waals surface area contributed by atoms with Crippen molar-refractivity contribution in [1.82, 2.24) is 9.88 Å². The Morgan fingerprint density at radius 2 is 2.21 bits per heavy atom. The molecule has 2 atom stereocenters. The molecule has 19 heavy (non-hydrogen) atoms. The number of thiazole rings is 1. The Bertz CT molecular complexity index is 446. The third-order valence-electron chi connectivity index (χ3n) is 4.11. The molecule has 2 unspecified atom stereocenters. The molecule has 1 saturated heterocycles. The predicted molar refractivity (Wildman–Crippen MR) is 78.9 cm³/mol. The zero-order valence-electron chi connectivity index (χ0n) is 11.8. The van der Waals surface area contributed by atoms with Gasteiger partial charge < -0.3 is 14.9 Å². The van der Waals surface area contributed by atoms with Crippen LogP contribution < -0.4 is 4.90 Å². The number of aromatic nitrogens is 1. The maximum absolute atomic E-state index is 10.0. The summed E-state index contributed by atoms with van der Waals surface area (Å²) in [7, 11) is 4.26. The van der Waals surface area contributed by atoms with Crippen molar-refractivity contribution < 1.29 is 5.11 Å². The average Bonchev–Trinajstić information content (AvgIpc) is 2.94. The van der Waals surface area contributed by atoms with E-state index in [0.717, 1.165) is 43.2 Å². The van der Waals surface area contributed by atoms with Crippen molar-refractivity contribution in [1.29, 1.82) is 0 Å². The minimum atomic E-state index is -0.330. The van der Waals surface area contributed by atoms with E-state index in [-0.39, 0.29) is 6.10 Å². The highest BCUT2D eigenvalue weighted by Gasteiger charge is 2.30. The van der Waals surface area contributed by atoms with E-state index in [1.165, 1.54) is 17.7 Å². The molecule has 1 aliphatic heterocycles. The fourth-order valence-corrected chi connectivity index (χ4v) is 4.46. The third-order valence-corrected chi connectivity index (χ3v) is 5.28. The molecule has 4 nitrogen and oxygen atoms in total. The number of aliphatic hydroxyl groups is 1. The summed E-state index contributed by atoms with van der Waals surface area (Å²) in [6.45, 7) is 2.20. The molecule has 2 heterocycles. The Morgan fingerprint density at radius 1 is 1.37 bits per heavy atom. The van der Waals surface area contributed by atoms with Gasteiger partial charge in [-0.3, -0.25) is 0 Å². The first-order valence-electron chi connectivity index (χ1n) is 7.24. The molecular weight excluding hydrogens is 258 g/mol. The number of rotatable bonds is 3. The largest absolute Gasteiger partial charge is 0.387 e. The highest BCUT2D eigenvalue weighted by atomic mass is 32.1. The van der Waals surface area contributed by atoms with E-state index >= 15 is 0 Å². The molecule has 1 aliphatic carbocycles. The summed E-state index contributed by atoms with van der Waals surface area (Å²) in [4.78, 5) is 10.8. The lowest BCUT2D eigenvalue weighted by Crippen LogP contribution is -2.37. The van der Waals surface area contributed by atoms with Crippen LogP contribution in [-0.2, 0) is 6.42 Å². The van der Waals surface area contributed by atoms with Crippen molar-refractivity contribution in [3.8, 4) is 0 Å². The number of anilines is 1. The molecule has 1 aromatic rings. The first-order chi connectivity index (χ1) is 9.15. The number of fused-ring (bicyclic) bond motifs is 1. The molecule has 2 aliphatic rings. The summed E-state index contributed by atoms with van der Waals surface area (Å²) in [5, 5.41) is 11.2. The second kappa shape index (κ2) is 5.38. The average molecular weight is 281 g/mol. The maximum Gasteiger partial charge on any atom is 0.186 e. The van der Waals surface area contributed by atoms with Crippen molar-refractivity contribution in [2.75, 3.05) is 32.1 Å². The van der Waals surface area contributed by atoms with Gasteiger partial charge in [0.1, 0.15) is 0 Å². The standard InChI is InChI=1S/C14H23N3OS/c1-16(2)9-10-5-4-8-17(10)14-15-13-11(18)6-3-7-12(13)19-14/h10-11,18H,3-9H2,1-2H3. The van der Waals surface area contributed by atoms with E-state index in [4.69, 9.17) is 4.98 Å². The number of hydrogen-bond acceptors (Lipinski definition) is 5. The lowest BCUT2D eigenvalue weighted by atomic mass is 10.0. The van der Waals surface area contributed by atoms with Gasteiger partial charge in [0.2, 0.25) is 0 Å². The van der Waals surface area contributed by atoms with Crippen molar-refractivity contribution in [3.63, 3.8) is 0 Å². The van der Waals surface area contributed by atoms with E-state index in [2.05, 4.69) is 23.9 Å². The maximum atomic E-state index is 10.0. The third kappa shape index (κ3) is 2.64. The van der Waals surface area contributed by atoms with E-state index in [0.29, 0.717) is 6.04 Å². The SMILES string of the molecule is CN(C)CC1CCCN1c1nc2c(s1)CCCC2O. The Hall–Kier alpha value is -0.650. The van der Waals surface area contributed by atoms with Gasteiger partial charge in [-0.1, -0.05) is 0 Å². The van der Waals surface area contributed by atoms with Gasteiger partial charge in [-0.25, -0.2) is 4.98 Å². The summed E-state index contributed by atoms with van der Waals surface area (Å²) in [6.07, 6.45) is 5.24. The number of nitrogens with zero attached hydrogens (tertiary/aromatic N) is 3. The predicted octanol–water partition coefficient (Wildman–Crippen LogP) is 2.04. The van der Waals surface area contributed by atoms with E-state index in [1.54, 1.807) is 11.3 Å². The van der Waals surface area contributed by atoms with Gasteiger partial charge in [-0.05, 0) is 46.2 Å². The minimum Gasteiger partial charge on any atom is -0.387 e. The van der Waals surface area contributed by atoms with Crippen LogP contribution in [0.25, 0.3) is 0 Å². The monoisotopic (exact) mass is 281 g/mol. The number of likely N-dealkylation sites (N-methyl/N-ethyl adjacent to an activating group) is 1. The molecule has 1 aromatic heterocycles. The van der Waals surface area contributed by atoms with Crippen molar-refractivity contribution in [2.24, 2.45) is 0 Å². The smallest absolute Gasteiger partial charge is 0.186 e. The van der Waals surface area contributed by atoms with Crippen LogP contribution in [0.15, 0.2) is 0 Å². The summed E-state index contributed by atoms with van der Waals surface area (Å²) in [6, 6.07) is 0.583. The van der Waals surface area contributed by atoms with Gasteiger partial charge in [-0.15, -0.1) is 11.3 Å². The van der Waals surface area contributed by atoms with Crippen LogP contribution in [0.4, 0.5) is 5.13 Å². The highest BCUT2D eigenvalue weighted by molar-refractivity contribution is 7.15. The van der Waals surface area contributed by atoms with Crippen LogP contribution in [0.1, 0.15) is 42.4 Å². The molecule has 5 heteroatoms. The minimum absolute atomic E-state index is 0.330. The molecule has 1 N–H and O–H groups in total. The first-order valence-corrected chi connectivity index (χ1v) is 8.06. The lowest BCUT2D eigenvalue weighted by Gasteiger charge is -2.26. The molecule has 0 bridgehead atoms. The van der Waals surface area contributed by atoms with Gasteiger partial charge in [-0.2, -0.15) is 0 Å². The summed E-state index contributed by atoms with van der Waals surface area (Å²) in [5.74, 6) is 0. The van der Waals surface area contributed by atoms with Crippen molar-refractivity contribution >= 4 is 16.5 Å². The number of hydrogen-bond donors (Lipinski definition) is 1. The fraction of sp³-hybridized carbons (Fsp3) is 0.786. The molecule has 0 spiro atoms. The lowest BCUT2D eigenvalue weighted by molar-refractivity contribution is 0.153. The van der Waals surface area contributed by atoms with E-state index in [9.17, 15) is 5.11 Å². The number of aryl methyl sites for hydroxylation is 1. The molecule has 1 fully saturated rings. The van der Waals surface area contributed by atoms with Crippen LogP contribution in [0.2, 0.25) is 0 Å². The Kier molecular flexibility index (Phi) is 3.78. The zero-order chi connectivity index (χ0) is 13.4. The van der Waals surface area contributed by atoms with Gasteiger partial charge in [0, 0.05) is 24.0 Å². The van der Waals surface area contributed by atoms with Crippen LogP contribution in [0.5, 0.6) is 0 Å². The Labute approximate surface area is 119 Å². The van der Waals surface area contributed by atoms with Crippen LogP contribution >= 0.6 is 11.3 Å². The van der Waals surface area contributed by atoms with Crippen LogP contribution in [0.3, 0.4) is 0 Å². The van der Waals surface area contributed by atoms with Gasteiger partial charge in [0.15, 0.2) is 5.13 Å². The molecule has 0 radical (unpaired) electrons. The molecule has 3 rings (SSSR count). The quantitative estimate of drug-likeness (QED) is 0.920. The normalized spacial score (nSPS) is 27.1. The van der Waals surface area contributed by atoms with Crippen molar-refractivity contribution in [2.45, 2.75) is 44.2 Å². The van der Waals surface area contributed by atoms with Crippen LogP contribution in [0, 0.1) is 0 Å². The number of aliphatic hydroxyl groups excluding tert-OH is 1. The summed E-state index contributed by atoms with van der Waals surface area (Å²) >= 11 is 1.80. The van der Waals surface area contributed by atoms with E-state index in [1.807, 2.05) is 0 Å². The van der Waals surface area contributed by atoms with Crippen LogP contribution in [-0.4, -0.2) is 48.2 Å². The molecule has 106 valence electrons. The fourth-order valence-electron chi connectivity index (χ4n) is 3.20. The van der Waals surface area contributed by atoms with Gasteiger partial charge >= 0.3 is 0 Å². The molecule has 0 saturated carbocycles. The zero-order valence-corrected chi connectivity index (χ0v) is 12.6.